The summed E-state index contributed by atoms with van der Waals surface area (Å²) >= 11 is 2.34. The first kappa shape index (κ1) is 16.5. The highest BCUT2D eigenvalue weighted by Gasteiger charge is 2.15. The van der Waals surface area contributed by atoms with Gasteiger partial charge in [-0.15, -0.1) is 0 Å². The minimum absolute atomic E-state index is 0.355. The fourth-order valence-corrected chi connectivity index (χ4v) is 2.79. The topological polar surface area (TPSA) is 15.3 Å². The molecule has 0 bridgehead atoms. The summed E-state index contributed by atoms with van der Waals surface area (Å²) in [5.74, 6) is 0. The Hall–Kier alpha value is -0.910. The maximum atomic E-state index is 3.65. The van der Waals surface area contributed by atoms with Crippen LogP contribution in [-0.4, -0.2) is 25.5 Å². The predicted molar refractivity (Wildman–Crippen MR) is 98.4 cm³/mol. The van der Waals surface area contributed by atoms with Crippen molar-refractivity contribution in [1.29, 1.82) is 0 Å². The van der Waals surface area contributed by atoms with Crippen molar-refractivity contribution < 1.29 is 0 Å². The van der Waals surface area contributed by atoms with E-state index in [9.17, 15) is 0 Å². The number of likely N-dealkylation sites (N-methyl/N-ethyl adjacent to an activating group) is 1. The zero-order valence-electron chi connectivity index (χ0n) is 12.9. The number of nitrogens with one attached hydrogen (secondary N) is 1. The monoisotopic (exact) mass is 394 g/mol. The molecular weight excluding hydrogens is 371 g/mol. The number of hydrogen-bond donors (Lipinski definition) is 1. The van der Waals surface area contributed by atoms with Crippen molar-refractivity contribution in [3.8, 4) is 0 Å². The van der Waals surface area contributed by atoms with Crippen LogP contribution in [0.25, 0.3) is 0 Å². The molecule has 112 valence electrons. The van der Waals surface area contributed by atoms with Crippen molar-refractivity contribution in [2.45, 2.75) is 19.0 Å². The molecule has 0 spiro atoms. The van der Waals surface area contributed by atoms with Gasteiger partial charge in [-0.1, -0.05) is 42.5 Å². The van der Waals surface area contributed by atoms with Crippen LogP contribution in [0, 0.1) is 3.57 Å². The highest BCUT2D eigenvalue weighted by Crippen LogP contribution is 2.19. The van der Waals surface area contributed by atoms with E-state index in [1.165, 1.54) is 14.7 Å². The molecule has 2 nitrogen and oxygen atoms in total. The first-order valence-corrected chi connectivity index (χ1v) is 8.36. The lowest BCUT2D eigenvalue weighted by Gasteiger charge is -2.27. The van der Waals surface area contributed by atoms with Gasteiger partial charge in [-0.3, -0.25) is 0 Å². The maximum Gasteiger partial charge on any atom is 0.0467 e. The molecule has 2 atom stereocenters. The molecule has 2 aromatic rings. The predicted octanol–water partition coefficient (Wildman–Crippen LogP) is 4.24. The van der Waals surface area contributed by atoms with Crippen molar-refractivity contribution in [3.05, 3.63) is 69.3 Å². The van der Waals surface area contributed by atoms with Gasteiger partial charge in [0.15, 0.2) is 0 Å². The van der Waals surface area contributed by atoms with E-state index < -0.39 is 0 Å². The van der Waals surface area contributed by atoms with Crippen LogP contribution in [0.3, 0.4) is 0 Å². The molecule has 0 saturated carbocycles. The zero-order valence-corrected chi connectivity index (χ0v) is 15.0. The molecule has 2 aromatic carbocycles. The molecule has 0 aliphatic rings. The minimum atomic E-state index is 0.355. The molecule has 0 fully saturated rings. The van der Waals surface area contributed by atoms with Gasteiger partial charge < -0.3 is 10.2 Å². The minimum Gasteiger partial charge on any atom is -0.308 e. The molecule has 2 rings (SSSR count). The van der Waals surface area contributed by atoms with Crippen LogP contribution < -0.4 is 5.32 Å². The number of nitrogens with zero attached hydrogens (tertiary/aromatic N) is 1. The number of hydrogen-bond acceptors (Lipinski definition) is 2. The number of rotatable bonds is 6. The van der Waals surface area contributed by atoms with E-state index in [1.54, 1.807) is 0 Å². The van der Waals surface area contributed by atoms with E-state index in [4.69, 9.17) is 0 Å². The molecule has 0 saturated heterocycles. The number of halogens is 1. The fraction of sp³-hybridized carbons (Fsp3) is 0.333. The van der Waals surface area contributed by atoms with Gasteiger partial charge in [0.05, 0.1) is 0 Å². The maximum absolute atomic E-state index is 3.65. The third kappa shape index (κ3) is 4.80. The third-order valence-electron chi connectivity index (χ3n) is 3.80. The smallest absolute Gasteiger partial charge is 0.0467 e. The molecule has 0 radical (unpaired) electrons. The molecule has 0 aromatic heterocycles. The van der Waals surface area contributed by atoms with E-state index in [1.807, 2.05) is 0 Å². The summed E-state index contributed by atoms with van der Waals surface area (Å²) in [7, 11) is 4.27. The first-order chi connectivity index (χ1) is 10.1. The van der Waals surface area contributed by atoms with Crippen LogP contribution in [0.5, 0.6) is 0 Å². The van der Waals surface area contributed by atoms with E-state index in [0.29, 0.717) is 12.1 Å². The number of benzene rings is 2. The normalized spacial score (nSPS) is 14.1. The van der Waals surface area contributed by atoms with Crippen LogP contribution in [0.15, 0.2) is 54.6 Å². The Bertz CT molecular complexity index is 537. The van der Waals surface area contributed by atoms with E-state index in [2.05, 4.69) is 108 Å². The Morgan fingerprint density at radius 1 is 0.952 bits per heavy atom. The summed E-state index contributed by atoms with van der Waals surface area (Å²) in [6.45, 7) is 3.16. The van der Waals surface area contributed by atoms with Gasteiger partial charge >= 0.3 is 0 Å². The van der Waals surface area contributed by atoms with Gasteiger partial charge in [0, 0.05) is 22.2 Å². The Labute approximate surface area is 141 Å². The highest BCUT2D eigenvalue weighted by molar-refractivity contribution is 14.1. The van der Waals surface area contributed by atoms with Gasteiger partial charge in [0.1, 0.15) is 0 Å². The van der Waals surface area contributed by atoms with E-state index >= 15 is 0 Å². The second-order valence-corrected chi connectivity index (χ2v) is 6.82. The van der Waals surface area contributed by atoms with Crippen molar-refractivity contribution in [2.24, 2.45) is 0 Å². The SMILES string of the molecule is CC(NCC(c1ccccc1)N(C)C)c1ccc(I)cc1. The highest BCUT2D eigenvalue weighted by atomic mass is 127. The quantitative estimate of drug-likeness (QED) is 0.738. The van der Waals surface area contributed by atoms with Crippen LogP contribution in [0.4, 0.5) is 0 Å². The Balaban J connectivity index is 2.00. The van der Waals surface area contributed by atoms with Gasteiger partial charge in [0.25, 0.3) is 0 Å². The lowest BCUT2D eigenvalue weighted by Crippen LogP contribution is -2.32. The zero-order chi connectivity index (χ0) is 15.2. The van der Waals surface area contributed by atoms with Crippen molar-refractivity contribution in [1.82, 2.24) is 10.2 Å². The molecule has 3 heteroatoms. The van der Waals surface area contributed by atoms with Crippen LogP contribution in [0.1, 0.15) is 30.1 Å². The average molecular weight is 394 g/mol. The second kappa shape index (κ2) is 7.92. The lowest BCUT2D eigenvalue weighted by molar-refractivity contribution is 0.281. The Morgan fingerprint density at radius 2 is 1.57 bits per heavy atom. The molecule has 21 heavy (non-hydrogen) atoms. The summed E-state index contributed by atoms with van der Waals surface area (Å²) in [6.07, 6.45) is 0. The van der Waals surface area contributed by atoms with Gasteiger partial charge in [-0.05, 0) is 66.9 Å². The van der Waals surface area contributed by atoms with E-state index in [0.717, 1.165) is 6.54 Å². The molecular formula is C18H23IN2. The molecule has 0 aliphatic carbocycles. The molecule has 2 unspecified atom stereocenters. The van der Waals surface area contributed by atoms with Gasteiger partial charge in [-0.2, -0.15) is 0 Å². The Morgan fingerprint density at radius 3 is 2.14 bits per heavy atom. The molecule has 0 amide bonds. The standard InChI is InChI=1S/C18H23IN2/c1-14(15-9-11-17(19)12-10-15)20-13-18(21(2)3)16-7-5-4-6-8-16/h4-12,14,18,20H,13H2,1-3H3. The summed E-state index contributed by atoms with van der Waals surface area (Å²) in [5, 5.41) is 3.65. The van der Waals surface area contributed by atoms with Crippen molar-refractivity contribution in [3.63, 3.8) is 0 Å². The van der Waals surface area contributed by atoms with Gasteiger partial charge in [-0.25, -0.2) is 0 Å². The average Bonchev–Trinajstić information content (AvgIpc) is 2.48. The summed E-state index contributed by atoms with van der Waals surface area (Å²) in [4.78, 5) is 2.27. The second-order valence-electron chi connectivity index (χ2n) is 5.57. The van der Waals surface area contributed by atoms with Crippen LogP contribution in [0.2, 0.25) is 0 Å². The van der Waals surface area contributed by atoms with Crippen molar-refractivity contribution >= 4 is 22.6 Å². The first-order valence-electron chi connectivity index (χ1n) is 7.28. The van der Waals surface area contributed by atoms with E-state index in [-0.39, 0.29) is 0 Å². The lowest BCUT2D eigenvalue weighted by atomic mass is 10.0. The molecule has 0 heterocycles. The van der Waals surface area contributed by atoms with Crippen LogP contribution in [-0.2, 0) is 0 Å². The molecule has 0 aliphatic heterocycles. The van der Waals surface area contributed by atoms with Crippen LogP contribution >= 0.6 is 22.6 Å². The van der Waals surface area contributed by atoms with Crippen molar-refractivity contribution in [2.75, 3.05) is 20.6 Å². The summed E-state index contributed by atoms with van der Waals surface area (Å²) in [5.41, 5.74) is 2.69. The van der Waals surface area contributed by atoms with Gasteiger partial charge in [0.2, 0.25) is 0 Å². The Kier molecular flexibility index (Phi) is 6.21. The fourth-order valence-electron chi connectivity index (χ4n) is 2.43. The third-order valence-corrected chi connectivity index (χ3v) is 4.51. The summed E-state index contributed by atoms with van der Waals surface area (Å²) < 4.78 is 1.28. The molecule has 1 N–H and O–H groups in total. The summed E-state index contributed by atoms with van der Waals surface area (Å²) in [6, 6.07) is 20.1. The largest absolute Gasteiger partial charge is 0.308 e.